The highest BCUT2D eigenvalue weighted by Gasteiger charge is 2.33. The Morgan fingerprint density at radius 2 is 2.03 bits per heavy atom. The van der Waals surface area contributed by atoms with Crippen LogP contribution in [0.2, 0.25) is 0 Å². The molecule has 3 heterocycles. The van der Waals surface area contributed by atoms with Gasteiger partial charge in [0.15, 0.2) is 0 Å². The van der Waals surface area contributed by atoms with Crippen LogP contribution in [0.4, 0.5) is 10.1 Å². The lowest BCUT2D eigenvalue weighted by Crippen LogP contribution is -2.43. The molecule has 0 saturated carbocycles. The molecule has 3 atom stereocenters. The zero-order valence-electron chi connectivity index (χ0n) is 18.9. The van der Waals surface area contributed by atoms with Crippen LogP contribution in [0.15, 0.2) is 67.0 Å². The summed E-state index contributed by atoms with van der Waals surface area (Å²) >= 11 is 0. The van der Waals surface area contributed by atoms with Crippen LogP contribution in [-0.4, -0.2) is 53.4 Å². The van der Waals surface area contributed by atoms with Crippen LogP contribution in [-0.2, 0) is 0 Å². The van der Waals surface area contributed by atoms with Crippen molar-refractivity contribution in [1.82, 2.24) is 26.1 Å². The van der Waals surface area contributed by atoms with Gasteiger partial charge in [-0.1, -0.05) is 12.1 Å². The predicted molar refractivity (Wildman–Crippen MR) is 128 cm³/mol. The molecule has 5 N–H and O–H groups in total. The molecular weight excluding hydrogens is 451 g/mol. The molecule has 0 radical (unpaired) electrons. The number of aliphatic hydroxyl groups is 1. The van der Waals surface area contributed by atoms with Crippen molar-refractivity contribution >= 4 is 11.6 Å². The molecule has 182 valence electrons. The summed E-state index contributed by atoms with van der Waals surface area (Å²) in [7, 11) is 0. The normalized spacial score (nSPS) is 21.4. The summed E-state index contributed by atoms with van der Waals surface area (Å²) in [5.41, 5.74) is 9.65. The third-order valence-electron chi connectivity index (χ3n) is 6.18. The van der Waals surface area contributed by atoms with Crippen LogP contribution < -0.4 is 26.2 Å². The van der Waals surface area contributed by atoms with Gasteiger partial charge in [-0.05, 0) is 42.0 Å². The van der Waals surface area contributed by atoms with Crippen LogP contribution in [0.1, 0.15) is 33.7 Å². The van der Waals surface area contributed by atoms with E-state index in [1.807, 2.05) is 24.3 Å². The van der Waals surface area contributed by atoms with Crippen molar-refractivity contribution < 1.29 is 19.0 Å². The number of β-amino-alcohol motifs (C(OH)–C–C–N with tert-alkyl or cyclic N) is 1. The number of aliphatic hydroxyl groups excluding tert-OH is 1. The number of hydrazine groups is 1. The summed E-state index contributed by atoms with van der Waals surface area (Å²) in [6, 6.07) is 15.1. The quantitative estimate of drug-likeness (QED) is 0.334. The number of hydrogen-bond donors (Lipinski definition) is 5. The van der Waals surface area contributed by atoms with E-state index in [2.05, 4.69) is 31.4 Å². The van der Waals surface area contributed by atoms with Crippen molar-refractivity contribution in [3.8, 4) is 5.75 Å². The highest BCUT2D eigenvalue weighted by molar-refractivity contribution is 5.95. The van der Waals surface area contributed by atoms with Gasteiger partial charge in [-0.2, -0.15) is 0 Å². The van der Waals surface area contributed by atoms with Crippen LogP contribution in [0.3, 0.4) is 0 Å². The van der Waals surface area contributed by atoms with E-state index in [0.29, 0.717) is 24.4 Å². The Balaban J connectivity index is 1.21. The summed E-state index contributed by atoms with van der Waals surface area (Å²) in [4.78, 5) is 19.1. The van der Waals surface area contributed by atoms with E-state index in [1.165, 1.54) is 12.1 Å². The van der Waals surface area contributed by atoms with Crippen molar-refractivity contribution in [3.63, 3.8) is 0 Å². The number of anilines is 1. The number of amides is 1. The molecule has 2 unspecified atom stereocenters. The number of nitrogens with one attached hydrogen (secondary N) is 4. The SMILES string of the molecule is O=C(N[C@@H]1COc2cc(F)ccc21)c1cccc(NCC2NNC(c3ccncc3)N2CCO)c1. The monoisotopic (exact) mass is 478 g/mol. The molecular formula is C25H27FN6O3. The largest absolute Gasteiger partial charge is 0.491 e. The summed E-state index contributed by atoms with van der Waals surface area (Å²) in [5.74, 6) is -0.147. The maximum absolute atomic E-state index is 13.4. The standard InChI is InChI=1S/C25H27FN6O3/c26-18-4-5-20-21(15-35-22(20)13-18)29-25(34)17-2-1-3-19(12-17)28-14-23-30-31-24(32(23)10-11-33)16-6-8-27-9-7-16/h1-9,12-13,21,23-24,28,30-31,33H,10-11,14-15H2,(H,29,34)/t21-,23?,24?/m1/s1. The average Bonchev–Trinajstić information content (AvgIpc) is 3.47. The summed E-state index contributed by atoms with van der Waals surface area (Å²) in [6.07, 6.45) is 3.29. The van der Waals surface area contributed by atoms with Gasteiger partial charge >= 0.3 is 0 Å². The first-order valence-corrected chi connectivity index (χ1v) is 11.5. The Bertz CT molecular complexity index is 1180. The Morgan fingerprint density at radius 1 is 1.17 bits per heavy atom. The number of fused-ring (bicyclic) bond motifs is 1. The Hall–Kier alpha value is -3.57. The van der Waals surface area contributed by atoms with Crippen molar-refractivity contribution in [3.05, 3.63) is 89.5 Å². The zero-order valence-corrected chi connectivity index (χ0v) is 18.9. The van der Waals surface area contributed by atoms with Crippen LogP contribution in [0, 0.1) is 5.82 Å². The van der Waals surface area contributed by atoms with Gasteiger partial charge in [0.05, 0.1) is 18.8 Å². The van der Waals surface area contributed by atoms with Gasteiger partial charge in [0.2, 0.25) is 0 Å². The fourth-order valence-corrected chi connectivity index (χ4v) is 4.44. The van der Waals surface area contributed by atoms with E-state index < -0.39 is 0 Å². The number of pyridine rings is 1. The van der Waals surface area contributed by atoms with Gasteiger partial charge in [-0.3, -0.25) is 14.7 Å². The molecule has 2 aromatic carbocycles. The molecule has 2 aliphatic rings. The second-order valence-corrected chi connectivity index (χ2v) is 8.43. The smallest absolute Gasteiger partial charge is 0.251 e. The number of hydrogen-bond acceptors (Lipinski definition) is 8. The van der Waals surface area contributed by atoms with Gasteiger partial charge in [-0.25, -0.2) is 15.2 Å². The summed E-state index contributed by atoms with van der Waals surface area (Å²) in [5, 5.41) is 15.9. The van der Waals surface area contributed by atoms with Crippen molar-refractivity contribution in [2.24, 2.45) is 0 Å². The van der Waals surface area contributed by atoms with E-state index in [9.17, 15) is 14.3 Å². The molecule has 0 aliphatic carbocycles. The first-order valence-electron chi connectivity index (χ1n) is 11.5. The Morgan fingerprint density at radius 3 is 2.86 bits per heavy atom. The maximum atomic E-state index is 13.4. The Labute approximate surface area is 202 Å². The van der Waals surface area contributed by atoms with E-state index in [-0.39, 0.29) is 43.3 Å². The van der Waals surface area contributed by atoms with Crippen LogP contribution in [0.25, 0.3) is 0 Å². The molecule has 1 fully saturated rings. The lowest BCUT2D eigenvalue weighted by Gasteiger charge is -2.27. The lowest BCUT2D eigenvalue weighted by molar-refractivity contribution is 0.0930. The molecule has 1 aromatic heterocycles. The maximum Gasteiger partial charge on any atom is 0.251 e. The number of halogens is 1. The number of carbonyl (C=O) groups is 1. The van der Waals surface area contributed by atoms with Crippen molar-refractivity contribution in [2.75, 3.05) is 31.6 Å². The molecule has 35 heavy (non-hydrogen) atoms. The van der Waals surface area contributed by atoms with E-state index in [0.717, 1.165) is 16.8 Å². The molecule has 1 amide bonds. The van der Waals surface area contributed by atoms with Crippen LogP contribution in [0.5, 0.6) is 5.75 Å². The summed E-state index contributed by atoms with van der Waals surface area (Å²) < 4.78 is 18.9. The predicted octanol–water partition coefficient (Wildman–Crippen LogP) is 1.92. The number of aromatic nitrogens is 1. The van der Waals surface area contributed by atoms with E-state index in [4.69, 9.17) is 4.74 Å². The molecule has 1 saturated heterocycles. The molecule has 5 rings (SSSR count). The fourth-order valence-electron chi connectivity index (χ4n) is 4.44. The lowest BCUT2D eigenvalue weighted by atomic mass is 10.1. The Kier molecular flexibility index (Phi) is 6.87. The second kappa shape index (κ2) is 10.4. The average molecular weight is 479 g/mol. The van der Waals surface area contributed by atoms with Crippen molar-refractivity contribution in [1.29, 1.82) is 0 Å². The fraction of sp³-hybridized carbons (Fsp3) is 0.280. The van der Waals surface area contributed by atoms with Crippen molar-refractivity contribution in [2.45, 2.75) is 18.4 Å². The van der Waals surface area contributed by atoms with E-state index >= 15 is 0 Å². The van der Waals surface area contributed by atoms with Gasteiger partial charge in [0, 0.05) is 48.4 Å². The number of nitrogens with zero attached hydrogens (tertiary/aromatic N) is 2. The van der Waals surface area contributed by atoms with Gasteiger partial charge in [0.1, 0.15) is 24.3 Å². The van der Waals surface area contributed by atoms with Crippen LogP contribution >= 0.6 is 0 Å². The number of carbonyl (C=O) groups excluding carboxylic acids is 1. The number of rotatable bonds is 8. The minimum atomic E-state index is -0.369. The van der Waals surface area contributed by atoms with Gasteiger partial charge < -0.3 is 20.5 Å². The molecule has 0 bridgehead atoms. The van der Waals surface area contributed by atoms with E-state index in [1.54, 1.807) is 30.6 Å². The third kappa shape index (κ3) is 5.10. The topological polar surface area (TPSA) is 111 Å². The molecule has 2 aliphatic heterocycles. The molecule has 9 nitrogen and oxygen atoms in total. The first-order chi connectivity index (χ1) is 17.1. The molecule has 10 heteroatoms. The minimum Gasteiger partial charge on any atom is -0.491 e. The van der Waals surface area contributed by atoms with Gasteiger partial charge in [0.25, 0.3) is 5.91 Å². The van der Waals surface area contributed by atoms with Gasteiger partial charge in [-0.15, -0.1) is 0 Å². The number of benzene rings is 2. The third-order valence-corrected chi connectivity index (χ3v) is 6.18. The highest BCUT2D eigenvalue weighted by Crippen LogP contribution is 2.33. The molecule has 0 spiro atoms. The number of ether oxygens (including phenoxy) is 1. The minimum absolute atomic E-state index is 0.0255. The zero-order chi connectivity index (χ0) is 24.2. The second-order valence-electron chi connectivity index (χ2n) is 8.43. The summed E-state index contributed by atoms with van der Waals surface area (Å²) in [6.45, 7) is 1.31. The first kappa shape index (κ1) is 23.2. The highest BCUT2D eigenvalue weighted by atomic mass is 19.1. The molecule has 3 aromatic rings.